The van der Waals surface area contributed by atoms with Gasteiger partial charge in [-0.15, -0.1) is 0 Å². The van der Waals surface area contributed by atoms with E-state index in [4.69, 9.17) is 19.0 Å². The third-order valence-electron chi connectivity index (χ3n) is 5.47. The average molecular weight is 519 g/mol. The lowest BCUT2D eigenvalue weighted by Gasteiger charge is -2.38. The van der Waals surface area contributed by atoms with Gasteiger partial charge in [0.2, 0.25) is 0 Å². The van der Waals surface area contributed by atoms with Crippen LogP contribution in [0.2, 0.25) is 0 Å². The van der Waals surface area contributed by atoms with Gasteiger partial charge in [0.05, 0.1) is 18.8 Å². The largest absolute Gasteiger partial charge is 0.466 e. The number of nitrogens with one attached hydrogen (secondary N) is 2. The van der Waals surface area contributed by atoms with Gasteiger partial charge in [-0.25, -0.2) is 10.3 Å². The zero-order valence-electron chi connectivity index (χ0n) is 20.4. The number of amides is 1. The molecule has 9 nitrogen and oxygen atoms in total. The lowest BCUT2D eigenvalue weighted by atomic mass is 9.97. The molecule has 1 amide bonds. The van der Waals surface area contributed by atoms with Crippen molar-refractivity contribution in [3.63, 3.8) is 0 Å². The van der Waals surface area contributed by atoms with Gasteiger partial charge in [-0.2, -0.15) is 13.2 Å². The highest BCUT2D eigenvalue weighted by Gasteiger charge is 2.60. The summed E-state index contributed by atoms with van der Waals surface area (Å²) < 4.78 is 58.3. The van der Waals surface area contributed by atoms with E-state index in [-0.39, 0.29) is 43.8 Å². The first kappa shape index (κ1) is 29.5. The Morgan fingerprint density at radius 3 is 2.53 bits per heavy atom. The van der Waals surface area contributed by atoms with Crippen molar-refractivity contribution in [1.82, 2.24) is 10.8 Å². The molecule has 1 aliphatic rings. The molecule has 12 heteroatoms. The molecule has 0 bridgehead atoms. The van der Waals surface area contributed by atoms with Crippen LogP contribution in [0.5, 0.6) is 5.75 Å². The van der Waals surface area contributed by atoms with Crippen LogP contribution >= 0.6 is 0 Å². The summed E-state index contributed by atoms with van der Waals surface area (Å²) in [5.41, 5.74) is 1.66. The van der Waals surface area contributed by atoms with Gasteiger partial charge in [-0.05, 0) is 51.3 Å². The van der Waals surface area contributed by atoms with E-state index in [0.717, 1.165) is 19.8 Å². The van der Waals surface area contributed by atoms with Gasteiger partial charge >= 0.3 is 18.1 Å². The highest BCUT2D eigenvalue weighted by molar-refractivity contribution is 5.96. The number of hydrogen-bond acceptors (Lipinski definition) is 8. The molecular weight excluding hydrogens is 485 g/mol. The summed E-state index contributed by atoms with van der Waals surface area (Å²) in [5, 5.41) is 3.04. The van der Waals surface area contributed by atoms with Gasteiger partial charge in [-0.1, -0.05) is 18.6 Å². The molecule has 2 atom stereocenters. The Kier molecular flexibility index (Phi) is 11.6. The molecule has 0 aliphatic carbocycles. The van der Waals surface area contributed by atoms with Crippen LogP contribution in [0.15, 0.2) is 24.3 Å². The Morgan fingerprint density at radius 1 is 1.14 bits per heavy atom. The van der Waals surface area contributed by atoms with E-state index in [0.29, 0.717) is 13.0 Å². The zero-order chi connectivity index (χ0) is 26.6. The molecular formula is C24H33F3N2O7. The lowest BCUT2D eigenvalue weighted by molar-refractivity contribution is -0.396. The number of hydroxylamine groups is 1. The number of carbonyl (C=O) groups excluding carboxylic acids is 3. The van der Waals surface area contributed by atoms with Crippen LogP contribution in [-0.2, 0) is 23.9 Å². The van der Waals surface area contributed by atoms with Gasteiger partial charge in [-0.3, -0.25) is 14.4 Å². The van der Waals surface area contributed by atoms with E-state index < -0.39 is 42.3 Å². The van der Waals surface area contributed by atoms with Crippen LogP contribution < -0.4 is 15.5 Å². The van der Waals surface area contributed by atoms with Crippen molar-refractivity contribution >= 4 is 17.8 Å². The zero-order valence-corrected chi connectivity index (χ0v) is 20.4. The summed E-state index contributed by atoms with van der Waals surface area (Å²) in [7, 11) is 0. The summed E-state index contributed by atoms with van der Waals surface area (Å²) in [4.78, 5) is 40.5. The van der Waals surface area contributed by atoms with Crippen molar-refractivity contribution in [1.29, 1.82) is 0 Å². The van der Waals surface area contributed by atoms with E-state index >= 15 is 0 Å². The number of piperidine rings is 1. The molecule has 0 radical (unpaired) electrons. The van der Waals surface area contributed by atoms with Gasteiger partial charge in [0.15, 0.2) is 0 Å². The maximum atomic E-state index is 14.4. The smallest absolute Gasteiger partial charge is 0.445 e. The predicted molar refractivity (Wildman–Crippen MR) is 122 cm³/mol. The maximum Gasteiger partial charge on any atom is 0.445 e. The quantitative estimate of drug-likeness (QED) is 0.133. The van der Waals surface area contributed by atoms with Crippen molar-refractivity contribution < 1.29 is 46.6 Å². The van der Waals surface area contributed by atoms with E-state index in [9.17, 15) is 27.6 Å². The van der Waals surface area contributed by atoms with E-state index in [1.807, 2.05) is 5.48 Å². The molecule has 1 saturated heterocycles. The number of esters is 2. The van der Waals surface area contributed by atoms with E-state index in [2.05, 4.69) is 5.32 Å². The Bertz CT molecular complexity index is 876. The molecule has 2 unspecified atom stereocenters. The van der Waals surface area contributed by atoms with Crippen molar-refractivity contribution in [2.24, 2.45) is 0 Å². The minimum absolute atomic E-state index is 0.0466. The fraction of sp³-hybridized carbons (Fsp3) is 0.625. The first-order valence-electron chi connectivity index (χ1n) is 11.9. The Hall–Kier alpha value is -2.70. The molecule has 36 heavy (non-hydrogen) atoms. The third-order valence-corrected chi connectivity index (χ3v) is 5.47. The summed E-state index contributed by atoms with van der Waals surface area (Å²) in [6.07, 6.45) is -3.09. The van der Waals surface area contributed by atoms with Crippen molar-refractivity contribution in [2.75, 3.05) is 19.8 Å². The average Bonchev–Trinajstić information content (AvgIpc) is 2.82. The second-order valence-corrected chi connectivity index (χ2v) is 8.34. The summed E-state index contributed by atoms with van der Waals surface area (Å²) in [6.45, 7) is 3.20. The number of para-hydroxylation sites is 1. The number of hydrogen-bond donors (Lipinski definition) is 2. The number of benzene rings is 1. The van der Waals surface area contributed by atoms with Gasteiger partial charge < -0.3 is 19.5 Å². The maximum absolute atomic E-state index is 14.4. The Balaban J connectivity index is 2.16. The summed E-state index contributed by atoms with van der Waals surface area (Å²) in [5.74, 6) is -5.45. The Morgan fingerprint density at radius 2 is 1.89 bits per heavy atom. The second kappa shape index (κ2) is 14.1. The van der Waals surface area contributed by atoms with Crippen LogP contribution in [-0.4, -0.2) is 55.6 Å². The fourth-order valence-corrected chi connectivity index (χ4v) is 3.73. The van der Waals surface area contributed by atoms with E-state index in [1.54, 1.807) is 6.92 Å². The molecule has 1 aromatic carbocycles. The molecule has 0 aromatic heterocycles. The van der Waals surface area contributed by atoms with Crippen molar-refractivity contribution in [2.45, 2.75) is 76.8 Å². The molecule has 1 fully saturated rings. The highest BCUT2D eigenvalue weighted by atomic mass is 19.4. The topological polar surface area (TPSA) is 112 Å². The van der Waals surface area contributed by atoms with Crippen molar-refractivity contribution in [3.05, 3.63) is 29.8 Å². The van der Waals surface area contributed by atoms with Crippen LogP contribution in [0.3, 0.4) is 0 Å². The first-order chi connectivity index (χ1) is 17.1. The number of carbonyl (C=O) groups is 3. The Labute approximate surface area is 207 Å². The van der Waals surface area contributed by atoms with Crippen molar-refractivity contribution in [3.8, 4) is 5.75 Å². The van der Waals surface area contributed by atoms with Gasteiger partial charge in [0.1, 0.15) is 5.75 Å². The lowest BCUT2D eigenvalue weighted by Crippen LogP contribution is -2.57. The molecule has 2 rings (SSSR count). The third kappa shape index (κ3) is 9.07. The number of rotatable bonds is 13. The van der Waals surface area contributed by atoms with Gasteiger partial charge in [0, 0.05) is 25.8 Å². The minimum Gasteiger partial charge on any atom is -0.466 e. The molecule has 0 spiro atoms. The summed E-state index contributed by atoms with van der Waals surface area (Å²) >= 11 is 0. The predicted octanol–water partition coefficient (Wildman–Crippen LogP) is 3.81. The van der Waals surface area contributed by atoms with Crippen LogP contribution in [0.4, 0.5) is 13.2 Å². The second-order valence-electron chi connectivity index (χ2n) is 8.34. The standard InChI is InChI=1S/C24H33F3N2O7/c1-3-33-21(31)13-7-9-15-34-23(24(25,26)27,16-18-10-6-8-14-28-18)36-29-22(32)19-11-4-5-12-20(19)35-17(2)30/h4-5,11-12,18,28H,3,6-10,13-16H2,1-2H3,(H,29,32). The van der Waals surface area contributed by atoms with Crippen LogP contribution in [0, 0.1) is 0 Å². The normalized spacial score (nSPS) is 17.6. The molecule has 2 N–H and O–H groups in total. The number of ether oxygens (including phenoxy) is 3. The molecule has 202 valence electrons. The molecule has 0 saturated carbocycles. The monoisotopic (exact) mass is 518 g/mol. The number of halogens is 3. The SMILES string of the molecule is CCOC(=O)CCCCOC(CC1CCCCN1)(ONC(=O)c1ccccc1OC(C)=O)C(F)(F)F. The fourth-order valence-electron chi connectivity index (χ4n) is 3.73. The summed E-state index contributed by atoms with van der Waals surface area (Å²) in [6, 6.07) is 5.03. The van der Waals surface area contributed by atoms with Crippen LogP contribution in [0.1, 0.15) is 69.2 Å². The van der Waals surface area contributed by atoms with Gasteiger partial charge in [0.25, 0.3) is 11.7 Å². The molecule has 1 heterocycles. The minimum atomic E-state index is -5.00. The molecule has 1 aromatic rings. The number of unbranched alkanes of at least 4 members (excludes halogenated alkanes) is 1. The van der Waals surface area contributed by atoms with Crippen LogP contribution in [0.25, 0.3) is 0 Å². The highest BCUT2D eigenvalue weighted by Crippen LogP contribution is 2.39. The first-order valence-corrected chi connectivity index (χ1v) is 11.9. The molecule has 1 aliphatic heterocycles. The number of alkyl halides is 3. The van der Waals surface area contributed by atoms with E-state index in [1.165, 1.54) is 24.3 Å².